The molecule has 2 aromatic carbocycles. The normalized spacial score (nSPS) is 11.0. The maximum absolute atomic E-state index is 13.7. The minimum atomic E-state index is -0.176. The number of anilines is 1. The number of methoxy groups -OCH3 is 2. The van der Waals surface area contributed by atoms with Crippen molar-refractivity contribution in [1.82, 2.24) is 9.47 Å². The van der Waals surface area contributed by atoms with Crippen LogP contribution in [0.25, 0.3) is 10.9 Å². The highest BCUT2D eigenvalue weighted by molar-refractivity contribution is 6.11. The van der Waals surface area contributed by atoms with E-state index >= 15 is 0 Å². The molecule has 3 aromatic rings. The van der Waals surface area contributed by atoms with Crippen LogP contribution in [0.4, 0.5) is 5.69 Å². The van der Waals surface area contributed by atoms with E-state index in [1.165, 1.54) is 0 Å². The van der Waals surface area contributed by atoms with E-state index in [2.05, 4.69) is 6.92 Å². The van der Waals surface area contributed by atoms with Crippen molar-refractivity contribution >= 4 is 34.3 Å². The van der Waals surface area contributed by atoms with E-state index in [-0.39, 0.29) is 17.7 Å². The second-order valence-corrected chi connectivity index (χ2v) is 10.5. The molecule has 0 saturated heterocycles. The van der Waals surface area contributed by atoms with Crippen molar-refractivity contribution in [1.29, 1.82) is 0 Å². The van der Waals surface area contributed by atoms with Gasteiger partial charge in [0.25, 0.3) is 5.91 Å². The summed E-state index contributed by atoms with van der Waals surface area (Å²) in [6, 6.07) is 12.6. The fourth-order valence-corrected chi connectivity index (χ4v) is 5.19. The summed E-state index contributed by atoms with van der Waals surface area (Å²) in [5, 5.41) is 0.796. The third kappa shape index (κ3) is 7.90. The van der Waals surface area contributed by atoms with E-state index in [1.54, 1.807) is 54.9 Å². The van der Waals surface area contributed by atoms with Crippen LogP contribution in [0.2, 0.25) is 0 Å². The highest BCUT2D eigenvalue weighted by atomic mass is 16.5. The van der Waals surface area contributed by atoms with Crippen LogP contribution in [0.3, 0.4) is 0 Å². The lowest BCUT2D eigenvalue weighted by Crippen LogP contribution is -2.30. The molecule has 0 bridgehead atoms. The molecule has 0 saturated carbocycles. The summed E-state index contributed by atoms with van der Waals surface area (Å²) < 4.78 is 12.4. The molecule has 0 atom stereocenters. The molecular weight excluding hydrogens is 518 g/mol. The number of nitrogens with zero attached hydrogens (tertiary/aromatic N) is 3. The monoisotopic (exact) mass is 563 g/mol. The van der Waals surface area contributed by atoms with Crippen LogP contribution >= 0.6 is 0 Å². The molecule has 0 unspecified atom stereocenters. The zero-order valence-electron chi connectivity index (χ0n) is 25.5. The Morgan fingerprint density at radius 1 is 0.829 bits per heavy atom. The topological polar surface area (TPSA) is 81.1 Å². The van der Waals surface area contributed by atoms with Gasteiger partial charge in [0.05, 0.1) is 25.4 Å². The molecule has 0 aliphatic rings. The smallest absolute Gasteiger partial charge is 0.262 e. The molecule has 3 rings (SSSR count). The fraction of sp³-hybridized carbons (Fsp3) is 0.485. The molecule has 0 N–H and O–H groups in total. The molecule has 0 radical (unpaired) electrons. The van der Waals surface area contributed by atoms with Gasteiger partial charge >= 0.3 is 0 Å². The zero-order valence-corrected chi connectivity index (χ0v) is 25.5. The predicted octanol–water partition coefficient (Wildman–Crippen LogP) is 6.61. The van der Waals surface area contributed by atoms with Gasteiger partial charge in [-0.3, -0.25) is 19.0 Å². The Morgan fingerprint density at radius 2 is 1.46 bits per heavy atom. The number of hydrogen-bond donors (Lipinski definition) is 0. The van der Waals surface area contributed by atoms with Crippen molar-refractivity contribution in [3.63, 3.8) is 0 Å². The van der Waals surface area contributed by atoms with Crippen molar-refractivity contribution in [2.45, 2.75) is 72.1 Å². The Kier molecular flexibility index (Phi) is 11.8. The van der Waals surface area contributed by atoms with Crippen LogP contribution in [-0.4, -0.2) is 61.5 Å². The largest absolute Gasteiger partial charge is 0.497 e. The molecule has 1 aromatic heterocycles. The molecule has 0 spiro atoms. The van der Waals surface area contributed by atoms with E-state index in [0.29, 0.717) is 35.7 Å². The number of unbranched alkanes of at least 4 members (excludes halogenated alkanes) is 5. The van der Waals surface area contributed by atoms with Gasteiger partial charge in [0.15, 0.2) is 0 Å². The molecule has 2 amide bonds. The summed E-state index contributed by atoms with van der Waals surface area (Å²) in [7, 11) is 5.08. The number of hydrogen-bond acceptors (Lipinski definition) is 5. The molecule has 0 fully saturated rings. The van der Waals surface area contributed by atoms with Gasteiger partial charge in [0.1, 0.15) is 11.5 Å². The lowest BCUT2D eigenvalue weighted by molar-refractivity contribution is -0.130. The van der Waals surface area contributed by atoms with Gasteiger partial charge < -0.3 is 19.3 Å². The number of ether oxygens (including phenoxy) is 2. The third-order valence-electron chi connectivity index (χ3n) is 7.61. The quantitative estimate of drug-likeness (QED) is 0.195. The minimum Gasteiger partial charge on any atom is -0.497 e. The first kappa shape index (κ1) is 31.7. The van der Waals surface area contributed by atoms with Crippen molar-refractivity contribution < 1.29 is 23.9 Å². The van der Waals surface area contributed by atoms with E-state index in [1.807, 2.05) is 37.1 Å². The van der Waals surface area contributed by atoms with Gasteiger partial charge in [-0.05, 0) is 68.7 Å². The van der Waals surface area contributed by atoms with Crippen molar-refractivity contribution in [3.8, 4) is 11.5 Å². The first-order valence-electron chi connectivity index (χ1n) is 14.6. The molecule has 1 heterocycles. The zero-order chi connectivity index (χ0) is 29.9. The lowest BCUT2D eigenvalue weighted by Gasteiger charge is -2.22. The van der Waals surface area contributed by atoms with Crippen LogP contribution in [0.1, 0.15) is 81.3 Å². The summed E-state index contributed by atoms with van der Waals surface area (Å²) in [6.07, 6.45) is 7.36. The Labute approximate surface area is 244 Å². The van der Waals surface area contributed by atoms with Gasteiger partial charge in [-0.1, -0.05) is 32.6 Å². The number of carbonyl (C=O) groups excluding carboxylic acids is 3. The lowest BCUT2D eigenvalue weighted by atomic mass is 10.1. The molecule has 8 heteroatoms. The van der Waals surface area contributed by atoms with Crippen molar-refractivity contribution in [2.75, 3.05) is 39.3 Å². The first-order chi connectivity index (χ1) is 19.7. The number of amides is 2. The average molecular weight is 564 g/mol. The van der Waals surface area contributed by atoms with Gasteiger partial charge in [-0.15, -0.1) is 0 Å². The molecular formula is C33H45N3O5. The van der Waals surface area contributed by atoms with Crippen LogP contribution in [0, 0.1) is 6.92 Å². The van der Waals surface area contributed by atoms with Gasteiger partial charge in [-0.25, -0.2) is 0 Å². The predicted molar refractivity (Wildman–Crippen MR) is 164 cm³/mol. The van der Waals surface area contributed by atoms with Gasteiger partial charge in [-0.2, -0.15) is 0 Å². The average Bonchev–Trinajstić information content (AvgIpc) is 3.26. The van der Waals surface area contributed by atoms with E-state index < -0.39 is 0 Å². The van der Waals surface area contributed by atoms with Gasteiger partial charge in [0.2, 0.25) is 11.8 Å². The Morgan fingerprint density at radius 3 is 2.10 bits per heavy atom. The Balaban J connectivity index is 1.74. The maximum atomic E-state index is 13.7. The molecule has 41 heavy (non-hydrogen) atoms. The molecule has 0 aliphatic carbocycles. The van der Waals surface area contributed by atoms with Gasteiger partial charge in [0, 0.05) is 50.1 Å². The van der Waals surface area contributed by atoms with E-state index in [0.717, 1.165) is 68.1 Å². The highest BCUT2D eigenvalue weighted by Gasteiger charge is 2.25. The second-order valence-electron chi connectivity index (χ2n) is 10.5. The molecule has 8 nitrogen and oxygen atoms in total. The summed E-state index contributed by atoms with van der Waals surface area (Å²) in [5.74, 6) is 1.30. The summed E-state index contributed by atoms with van der Waals surface area (Å²) >= 11 is 0. The number of carbonyl (C=O) groups is 3. The Bertz CT molecular complexity index is 1330. The van der Waals surface area contributed by atoms with Crippen LogP contribution in [0.5, 0.6) is 11.5 Å². The van der Waals surface area contributed by atoms with E-state index in [4.69, 9.17) is 9.47 Å². The van der Waals surface area contributed by atoms with Crippen molar-refractivity contribution in [3.05, 3.63) is 53.7 Å². The molecule has 0 aliphatic heterocycles. The fourth-order valence-electron chi connectivity index (χ4n) is 5.19. The van der Waals surface area contributed by atoms with Crippen LogP contribution in [0.15, 0.2) is 42.5 Å². The van der Waals surface area contributed by atoms with E-state index in [9.17, 15) is 14.4 Å². The summed E-state index contributed by atoms with van der Waals surface area (Å²) in [5.41, 5.74) is 2.68. The first-order valence-corrected chi connectivity index (χ1v) is 14.6. The SMILES string of the molecule is CCCCN(C)C(=O)CCCCCCCN(C(C)=O)c1c(C)n(C(=O)c2ccc(OC)cc2)c2ccc(OC)cc12. The Hall–Kier alpha value is -3.81. The van der Waals surface area contributed by atoms with Crippen molar-refractivity contribution in [2.24, 2.45) is 0 Å². The third-order valence-corrected chi connectivity index (χ3v) is 7.61. The summed E-state index contributed by atoms with van der Waals surface area (Å²) in [6.45, 7) is 6.94. The molecule has 222 valence electrons. The second kappa shape index (κ2) is 15.3. The number of fused-ring (bicyclic) bond motifs is 1. The highest BCUT2D eigenvalue weighted by Crippen LogP contribution is 2.37. The number of rotatable bonds is 15. The van der Waals surface area contributed by atoms with Crippen LogP contribution in [-0.2, 0) is 9.59 Å². The minimum absolute atomic E-state index is 0.0763. The van der Waals surface area contributed by atoms with Crippen LogP contribution < -0.4 is 14.4 Å². The summed E-state index contributed by atoms with van der Waals surface area (Å²) in [4.78, 5) is 42.5. The standard InChI is InChI=1S/C33H45N3O5/c1-7-8-21-34(4)31(38)14-12-10-9-11-13-22-35(25(3)37)32-24(2)36(30-20-19-28(41-6)23-29(30)32)33(39)26-15-17-27(40-5)18-16-26/h15-20,23H,7-14,21-22H2,1-6H3. The number of benzene rings is 2. The maximum Gasteiger partial charge on any atom is 0.262 e. The number of aromatic nitrogens is 1.